The first-order chi connectivity index (χ1) is 19.8. The van der Waals surface area contributed by atoms with Gasteiger partial charge in [-0.3, -0.25) is 9.97 Å². The molecule has 4 nitrogen and oxygen atoms in total. The van der Waals surface area contributed by atoms with E-state index in [1.807, 2.05) is 30.5 Å². The molecule has 0 radical (unpaired) electrons. The van der Waals surface area contributed by atoms with Crippen LogP contribution in [0.15, 0.2) is 146 Å². The minimum Gasteiger partial charge on any atom is -0.264 e. The molecule has 0 N–H and O–H groups in total. The number of benzene rings is 4. The number of nitrogens with zero attached hydrogens (tertiary/aromatic N) is 4. The predicted molar refractivity (Wildman–Crippen MR) is 162 cm³/mol. The molecule has 3 aromatic heterocycles. The summed E-state index contributed by atoms with van der Waals surface area (Å²) in [5, 5.41) is 1.12. The topological polar surface area (TPSA) is 51.6 Å². The van der Waals surface area contributed by atoms with E-state index in [2.05, 4.69) is 113 Å². The van der Waals surface area contributed by atoms with Gasteiger partial charge in [-0.25, -0.2) is 9.97 Å². The summed E-state index contributed by atoms with van der Waals surface area (Å²) in [4.78, 5) is 18.9. The van der Waals surface area contributed by atoms with Gasteiger partial charge in [0.1, 0.15) is 0 Å². The number of hydrogen-bond donors (Lipinski definition) is 0. The molecule has 7 rings (SSSR count). The Balaban J connectivity index is 1.34. The van der Waals surface area contributed by atoms with Crippen molar-refractivity contribution in [2.75, 3.05) is 0 Å². The van der Waals surface area contributed by atoms with Gasteiger partial charge in [0.25, 0.3) is 0 Å². The van der Waals surface area contributed by atoms with Crippen LogP contribution in [0.25, 0.3) is 67.1 Å². The van der Waals surface area contributed by atoms with Crippen LogP contribution < -0.4 is 0 Å². The maximum absolute atomic E-state index is 4.99. The molecule has 4 aromatic carbocycles. The van der Waals surface area contributed by atoms with Crippen LogP contribution in [0.4, 0.5) is 0 Å². The van der Waals surface area contributed by atoms with Crippen LogP contribution in [-0.2, 0) is 0 Å². The minimum absolute atomic E-state index is 0.643. The first-order valence-corrected chi connectivity index (χ1v) is 13.2. The summed E-state index contributed by atoms with van der Waals surface area (Å²) in [5.41, 5.74) is 10.2. The molecule has 0 spiro atoms. The molecule has 188 valence electrons. The molecule has 0 aliphatic rings. The molecular weight excluding hydrogens is 488 g/mol. The van der Waals surface area contributed by atoms with E-state index < -0.39 is 0 Å². The van der Waals surface area contributed by atoms with Crippen molar-refractivity contribution in [2.24, 2.45) is 0 Å². The summed E-state index contributed by atoms with van der Waals surface area (Å²) in [5.74, 6) is 0.643. The highest BCUT2D eigenvalue weighted by Gasteiger charge is 2.13. The average Bonchev–Trinajstić information content (AvgIpc) is 3.05. The molecule has 0 saturated heterocycles. The van der Waals surface area contributed by atoms with Crippen LogP contribution in [0.5, 0.6) is 0 Å². The third-order valence-corrected chi connectivity index (χ3v) is 7.04. The number of para-hydroxylation sites is 1. The first kappa shape index (κ1) is 23.6. The lowest BCUT2D eigenvalue weighted by atomic mass is 9.98. The van der Waals surface area contributed by atoms with Crippen LogP contribution in [0.2, 0.25) is 0 Å². The zero-order valence-electron chi connectivity index (χ0n) is 21.6. The van der Waals surface area contributed by atoms with E-state index in [-0.39, 0.29) is 0 Å². The van der Waals surface area contributed by atoms with Gasteiger partial charge in [-0.05, 0) is 47.0 Å². The molecule has 0 atom stereocenters. The first-order valence-electron chi connectivity index (χ1n) is 13.2. The van der Waals surface area contributed by atoms with Crippen LogP contribution >= 0.6 is 0 Å². The van der Waals surface area contributed by atoms with Crippen molar-refractivity contribution in [2.45, 2.75) is 0 Å². The van der Waals surface area contributed by atoms with Gasteiger partial charge >= 0.3 is 0 Å². The van der Waals surface area contributed by atoms with Crippen LogP contribution in [0, 0.1) is 0 Å². The fraction of sp³-hybridized carbons (Fsp3) is 0. The lowest BCUT2D eigenvalue weighted by Crippen LogP contribution is -1.96. The van der Waals surface area contributed by atoms with E-state index in [0.717, 1.165) is 50.1 Å². The largest absolute Gasteiger partial charge is 0.264 e. The Morgan fingerprint density at radius 1 is 0.425 bits per heavy atom. The summed E-state index contributed by atoms with van der Waals surface area (Å²) in [6.45, 7) is 0. The van der Waals surface area contributed by atoms with E-state index in [4.69, 9.17) is 9.97 Å². The second-order valence-corrected chi connectivity index (χ2v) is 9.61. The Morgan fingerprint density at radius 3 is 1.90 bits per heavy atom. The van der Waals surface area contributed by atoms with E-state index in [9.17, 15) is 0 Å². The Labute approximate surface area is 232 Å². The molecule has 0 aliphatic carbocycles. The van der Waals surface area contributed by atoms with Gasteiger partial charge in [-0.1, -0.05) is 97.1 Å². The quantitative estimate of drug-likeness (QED) is 0.231. The van der Waals surface area contributed by atoms with Crippen molar-refractivity contribution in [1.82, 2.24) is 19.9 Å². The fourth-order valence-electron chi connectivity index (χ4n) is 5.01. The van der Waals surface area contributed by atoms with Crippen molar-refractivity contribution >= 4 is 10.9 Å². The van der Waals surface area contributed by atoms with Gasteiger partial charge in [-0.15, -0.1) is 0 Å². The Morgan fingerprint density at radius 2 is 1.07 bits per heavy atom. The van der Waals surface area contributed by atoms with Crippen molar-refractivity contribution in [1.29, 1.82) is 0 Å². The van der Waals surface area contributed by atoms with E-state index in [1.54, 1.807) is 12.4 Å². The number of rotatable bonds is 5. The van der Waals surface area contributed by atoms with Gasteiger partial charge in [0.2, 0.25) is 0 Å². The van der Waals surface area contributed by atoms with Gasteiger partial charge in [0.05, 0.1) is 16.9 Å². The molecule has 40 heavy (non-hydrogen) atoms. The number of aromatic nitrogens is 4. The summed E-state index contributed by atoms with van der Waals surface area (Å²) >= 11 is 0. The van der Waals surface area contributed by atoms with Gasteiger partial charge in [0.15, 0.2) is 5.82 Å². The number of pyridine rings is 2. The van der Waals surface area contributed by atoms with Crippen LogP contribution in [0.1, 0.15) is 0 Å². The van der Waals surface area contributed by atoms with Gasteiger partial charge in [-0.2, -0.15) is 0 Å². The smallest absolute Gasteiger partial charge is 0.161 e. The molecule has 4 heteroatoms. The summed E-state index contributed by atoms with van der Waals surface area (Å²) in [6, 6.07) is 43.7. The molecule has 0 aliphatic heterocycles. The summed E-state index contributed by atoms with van der Waals surface area (Å²) in [6.07, 6.45) is 5.41. The second-order valence-electron chi connectivity index (χ2n) is 9.61. The highest BCUT2D eigenvalue weighted by Crippen LogP contribution is 2.33. The van der Waals surface area contributed by atoms with Crippen LogP contribution in [-0.4, -0.2) is 19.9 Å². The van der Waals surface area contributed by atoms with Crippen molar-refractivity contribution in [3.8, 4) is 56.2 Å². The van der Waals surface area contributed by atoms with Crippen LogP contribution in [0.3, 0.4) is 0 Å². The third kappa shape index (κ3) is 4.63. The lowest BCUT2D eigenvalue weighted by molar-refractivity contribution is 1.17. The third-order valence-electron chi connectivity index (χ3n) is 7.04. The van der Waals surface area contributed by atoms with Crippen molar-refractivity contribution < 1.29 is 0 Å². The fourth-order valence-corrected chi connectivity index (χ4v) is 5.01. The predicted octanol–water partition coefficient (Wildman–Crippen LogP) is 8.75. The molecule has 0 bridgehead atoms. The van der Waals surface area contributed by atoms with Gasteiger partial charge < -0.3 is 0 Å². The zero-order chi connectivity index (χ0) is 26.7. The molecule has 0 amide bonds. The normalized spacial score (nSPS) is 11.0. The molecule has 0 saturated carbocycles. The van der Waals surface area contributed by atoms with E-state index >= 15 is 0 Å². The average molecular weight is 513 g/mol. The minimum atomic E-state index is 0.643. The molecule has 7 aromatic rings. The Kier molecular flexibility index (Phi) is 6.11. The van der Waals surface area contributed by atoms with Crippen molar-refractivity contribution in [3.05, 3.63) is 146 Å². The lowest BCUT2D eigenvalue weighted by Gasteiger charge is -2.11. The standard InChI is InChI=1S/C36H24N4/c1-2-8-25(9-3-1)26-16-18-27(19-17-26)33-23-34(40-36(39-33)31-14-6-20-37-24-31)30-12-4-11-29(22-30)32-15-5-10-28-13-7-21-38-35(28)32/h1-24H. The molecular formula is C36H24N4. The Hall–Kier alpha value is -5.48. The van der Waals surface area contributed by atoms with E-state index in [0.29, 0.717) is 5.82 Å². The molecule has 0 fully saturated rings. The number of hydrogen-bond acceptors (Lipinski definition) is 4. The zero-order valence-corrected chi connectivity index (χ0v) is 21.6. The SMILES string of the molecule is c1ccc(-c2ccc(-c3cc(-c4cccc(-c5cccc6cccnc56)c4)nc(-c4cccnc4)n3)cc2)cc1. The Bertz CT molecular complexity index is 1930. The van der Waals surface area contributed by atoms with Crippen molar-refractivity contribution in [3.63, 3.8) is 0 Å². The number of fused-ring (bicyclic) bond motifs is 1. The second kappa shape index (κ2) is 10.4. The highest BCUT2D eigenvalue weighted by molar-refractivity contribution is 5.94. The van der Waals surface area contributed by atoms with E-state index in [1.165, 1.54) is 11.1 Å². The highest BCUT2D eigenvalue weighted by atomic mass is 14.9. The molecule has 3 heterocycles. The summed E-state index contributed by atoms with van der Waals surface area (Å²) in [7, 11) is 0. The maximum atomic E-state index is 4.99. The van der Waals surface area contributed by atoms with Gasteiger partial charge in [0, 0.05) is 46.2 Å². The molecule has 0 unspecified atom stereocenters. The summed E-state index contributed by atoms with van der Waals surface area (Å²) < 4.78 is 0. The maximum Gasteiger partial charge on any atom is 0.161 e. The monoisotopic (exact) mass is 512 g/mol.